The normalized spacial score (nSPS) is 11.9. The number of hydrogen-bond acceptors (Lipinski definition) is 5. The van der Waals surface area contributed by atoms with Gasteiger partial charge in [0.05, 0.1) is 13.7 Å². The maximum absolute atomic E-state index is 10.7. The van der Waals surface area contributed by atoms with Gasteiger partial charge in [-0.05, 0) is 12.1 Å². The molecule has 0 aliphatic rings. The Morgan fingerprint density at radius 1 is 1.56 bits per heavy atom. The van der Waals surface area contributed by atoms with E-state index in [-0.39, 0.29) is 11.5 Å². The monoisotopic (exact) mass is 227 g/mol. The Balaban J connectivity index is 2.84. The number of phenolic OH excluding ortho intramolecular Hbond substituents is 1. The van der Waals surface area contributed by atoms with Gasteiger partial charge >= 0.3 is 5.97 Å². The lowest BCUT2D eigenvalue weighted by Gasteiger charge is -2.14. The molecular weight excluding hydrogens is 214 g/mol. The molecule has 0 saturated heterocycles. The van der Waals surface area contributed by atoms with Crippen molar-refractivity contribution in [2.24, 2.45) is 0 Å². The number of ether oxygens (including phenoxy) is 1. The van der Waals surface area contributed by atoms with Crippen LogP contribution in [0.25, 0.3) is 0 Å². The van der Waals surface area contributed by atoms with Gasteiger partial charge in [-0.25, -0.2) is 4.79 Å². The van der Waals surface area contributed by atoms with Crippen LogP contribution in [0.1, 0.15) is 0 Å². The Labute approximate surface area is 92.1 Å². The molecule has 1 rings (SSSR count). The van der Waals surface area contributed by atoms with E-state index in [0.717, 1.165) is 0 Å². The average Bonchev–Trinajstić information content (AvgIpc) is 2.27. The Kier molecular flexibility index (Phi) is 3.96. The predicted molar refractivity (Wildman–Crippen MR) is 56.8 cm³/mol. The molecule has 0 radical (unpaired) electrons. The van der Waals surface area contributed by atoms with Crippen LogP contribution in [-0.4, -0.2) is 41.0 Å². The van der Waals surface area contributed by atoms with E-state index in [1.165, 1.54) is 25.3 Å². The molecule has 6 nitrogen and oxygen atoms in total. The molecule has 0 fully saturated rings. The van der Waals surface area contributed by atoms with Crippen LogP contribution >= 0.6 is 0 Å². The molecular formula is C10H13NO5. The molecule has 1 aromatic rings. The predicted octanol–water partition coefficient (Wildman–Crippen LogP) is 0.258. The van der Waals surface area contributed by atoms with E-state index < -0.39 is 18.6 Å². The maximum Gasteiger partial charge on any atom is 0.328 e. The van der Waals surface area contributed by atoms with Gasteiger partial charge in [0.2, 0.25) is 0 Å². The van der Waals surface area contributed by atoms with Gasteiger partial charge in [-0.2, -0.15) is 0 Å². The first kappa shape index (κ1) is 12.1. The van der Waals surface area contributed by atoms with Gasteiger partial charge in [0.15, 0.2) is 11.5 Å². The summed E-state index contributed by atoms with van der Waals surface area (Å²) >= 11 is 0. The van der Waals surface area contributed by atoms with Gasteiger partial charge in [0, 0.05) is 11.8 Å². The number of carboxylic acid groups (broad SMARTS) is 1. The van der Waals surface area contributed by atoms with E-state index in [1.54, 1.807) is 0 Å². The molecule has 0 amide bonds. The molecule has 1 atom stereocenters. The van der Waals surface area contributed by atoms with Crippen molar-refractivity contribution in [2.75, 3.05) is 19.0 Å². The molecule has 88 valence electrons. The fourth-order valence-electron chi connectivity index (χ4n) is 1.15. The minimum absolute atomic E-state index is 0.0380. The molecule has 0 spiro atoms. The van der Waals surface area contributed by atoms with Crippen LogP contribution in [0.5, 0.6) is 11.5 Å². The van der Waals surface area contributed by atoms with E-state index >= 15 is 0 Å². The molecule has 0 aromatic heterocycles. The lowest BCUT2D eigenvalue weighted by Crippen LogP contribution is -2.32. The second-order valence-electron chi connectivity index (χ2n) is 3.10. The highest BCUT2D eigenvalue weighted by Crippen LogP contribution is 2.28. The van der Waals surface area contributed by atoms with Gasteiger partial charge in [-0.1, -0.05) is 0 Å². The Bertz CT molecular complexity index is 379. The Morgan fingerprint density at radius 3 is 2.75 bits per heavy atom. The third-order valence-electron chi connectivity index (χ3n) is 2.00. The highest BCUT2D eigenvalue weighted by molar-refractivity contribution is 5.77. The van der Waals surface area contributed by atoms with Crippen LogP contribution < -0.4 is 10.1 Å². The topological polar surface area (TPSA) is 99.0 Å². The number of aromatic hydroxyl groups is 1. The van der Waals surface area contributed by atoms with Crippen LogP contribution in [0.15, 0.2) is 18.2 Å². The summed E-state index contributed by atoms with van der Waals surface area (Å²) in [5.74, 6) is -0.967. The van der Waals surface area contributed by atoms with Crippen molar-refractivity contribution in [3.05, 3.63) is 18.2 Å². The number of carboxylic acids is 1. The largest absolute Gasteiger partial charge is 0.504 e. The SMILES string of the molecule is COc1cc(NC(CO)C(=O)O)ccc1O. The first-order chi connectivity index (χ1) is 7.58. The van der Waals surface area contributed by atoms with E-state index in [2.05, 4.69) is 5.32 Å². The fraction of sp³-hybridized carbons (Fsp3) is 0.300. The van der Waals surface area contributed by atoms with Crippen molar-refractivity contribution in [1.82, 2.24) is 0 Å². The van der Waals surface area contributed by atoms with Crippen LogP contribution in [-0.2, 0) is 4.79 Å². The number of phenols is 1. The summed E-state index contributed by atoms with van der Waals surface area (Å²) < 4.78 is 4.86. The molecule has 0 heterocycles. The highest BCUT2D eigenvalue weighted by Gasteiger charge is 2.16. The fourth-order valence-corrected chi connectivity index (χ4v) is 1.15. The number of methoxy groups -OCH3 is 1. The number of rotatable bonds is 5. The number of nitrogens with one attached hydrogen (secondary N) is 1. The number of benzene rings is 1. The van der Waals surface area contributed by atoms with Crippen molar-refractivity contribution in [2.45, 2.75) is 6.04 Å². The van der Waals surface area contributed by atoms with Gasteiger partial charge in [-0.15, -0.1) is 0 Å². The van der Waals surface area contributed by atoms with Crippen molar-refractivity contribution in [1.29, 1.82) is 0 Å². The van der Waals surface area contributed by atoms with Crippen molar-refractivity contribution in [3.63, 3.8) is 0 Å². The number of anilines is 1. The quantitative estimate of drug-likeness (QED) is 0.538. The highest BCUT2D eigenvalue weighted by atomic mass is 16.5. The second-order valence-corrected chi connectivity index (χ2v) is 3.10. The smallest absolute Gasteiger partial charge is 0.328 e. The third-order valence-corrected chi connectivity index (χ3v) is 2.00. The van der Waals surface area contributed by atoms with Crippen molar-refractivity contribution >= 4 is 11.7 Å². The zero-order chi connectivity index (χ0) is 12.1. The molecule has 0 aliphatic heterocycles. The number of aliphatic carboxylic acids is 1. The molecule has 16 heavy (non-hydrogen) atoms. The van der Waals surface area contributed by atoms with E-state index in [4.69, 9.17) is 14.9 Å². The summed E-state index contributed by atoms with van der Waals surface area (Å²) in [5, 5.41) is 29.4. The maximum atomic E-state index is 10.7. The Hall–Kier alpha value is -1.95. The number of carbonyl (C=O) groups is 1. The minimum Gasteiger partial charge on any atom is -0.504 e. The summed E-state index contributed by atoms with van der Waals surface area (Å²) in [6, 6.07) is 3.22. The molecule has 1 unspecified atom stereocenters. The van der Waals surface area contributed by atoms with Gasteiger partial charge < -0.3 is 25.4 Å². The van der Waals surface area contributed by atoms with Crippen molar-refractivity contribution in [3.8, 4) is 11.5 Å². The third kappa shape index (κ3) is 2.77. The average molecular weight is 227 g/mol. The van der Waals surface area contributed by atoms with Gasteiger partial charge in [0.1, 0.15) is 6.04 Å². The lowest BCUT2D eigenvalue weighted by molar-refractivity contribution is -0.138. The second kappa shape index (κ2) is 5.22. The molecule has 6 heteroatoms. The summed E-state index contributed by atoms with van der Waals surface area (Å²) in [5.41, 5.74) is 0.441. The van der Waals surface area contributed by atoms with Crippen LogP contribution in [0.2, 0.25) is 0 Å². The van der Waals surface area contributed by atoms with Crippen molar-refractivity contribution < 1.29 is 24.9 Å². The first-order valence-electron chi connectivity index (χ1n) is 4.55. The molecule has 4 N–H and O–H groups in total. The standard InChI is InChI=1S/C10H13NO5/c1-16-9-4-6(2-3-8(9)13)11-7(5-12)10(14)15/h2-4,7,11-13H,5H2,1H3,(H,14,15). The molecule has 0 saturated carbocycles. The number of hydrogen-bond donors (Lipinski definition) is 4. The zero-order valence-electron chi connectivity index (χ0n) is 8.67. The minimum atomic E-state index is -1.16. The summed E-state index contributed by atoms with van der Waals surface area (Å²) in [6.07, 6.45) is 0. The summed E-state index contributed by atoms with van der Waals surface area (Å²) in [7, 11) is 1.39. The Morgan fingerprint density at radius 2 is 2.25 bits per heavy atom. The molecule has 0 bridgehead atoms. The van der Waals surface area contributed by atoms with E-state index in [1.807, 2.05) is 0 Å². The van der Waals surface area contributed by atoms with E-state index in [0.29, 0.717) is 5.69 Å². The van der Waals surface area contributed by atoms with Crippen LogP contribution in [0.3, 0.4) is 0 Å². The zero-order valence-corrected chi connectivity index (χ0v) is 8.67. The van der Waals surface area contributed by atoms with Crippen LogP contribution in [0, 0.1) is 0 Å². The summed E-state index contributed by atoms with van der Waals surface area (Å²) in [4.78, 5) is 10.7. The first-order valence-corrected chi connectivity index (χ1v) is 4.55. The van der Waals surface area contributed by atoms with Gasteiger partial charge in [0.25, 0.3) is 0 Å². The van der Waals surface area contributed by atoms with Crippen LogP contribution in [0.4, 0.5) is 5.69 Å². The summed E-state index contributed by atoms with van der Waals surface area (Å²) in [6.45, 7) is -0.529. The van der Waals surface area contributed by atoms with Gasteiger partial charge in [-0.3, -0.25) is 0 Å². The number of aliphatic hydroxyl groups is 1. The molecule has 0 aliphatic carbocycles. The lowest BCUT2D eigenvalue weighted by atomic mass is 10.2. The molecule has 1 aromatic carbocycles. The number of aliphatic hydroxyl groups excluding tert-OH is 1. The van der Waals surface area contributed by atoms with E-state index in [9.17, 15) is 9.90 Å².